The summed E-state index contributed by atoms with van der Waals surface area (Å²) in [5, 5.41) is 11.4. The van der Waals surface area contributed by atoms with Gasteiger partial charge in [0.15, 0.2) is 0 Å². The molecule has 0 radical (unpaired) electrons. The zero-order valence-electron chi connectivity index (χ0n) is 9.83. The highest BCUT2D eigenvalue weighted by atomic mass is 16.2. The summed E-state index contributed by atoms with van der Waals surface area (Å²) >= 11 is 0. The molecular formula is C11H24N2O2. The molecule has 0 saturated carbocycles. The highest BCUT2D eigenvalue weighted by Crippen LogP contribution is 2.00. The van der Waals surface area contributed by atoms with E-state index in [0.717, 1.165) is 25.7 Å². The van der Waals surface area contributed by atoms with Crippen molar-refractivity contribution < 1.29 is 9.90 Å². The Balaban J connectivity index is 3.39. The number of hydrogen-bond donors (Lipinski definition) is 3. The maximum absolute atomic E-state index is 11.4. The average molecular weight is 216 g/mol. The molecule has 0 bridgehead atoms. The molecule has 4 N–H and O–H groups in total. The number of rotatable bonds is 8. The van der Waals surface area contributed by atoms with Crippen LogP contribution >= 0.6 is 0 Å². The lowest BCUT2D eigenvalue weighted by atomic mass is 10.1. The van der Waals surface area contributed by atoms with Crippen molar-refractivity contribution in [3.63, 3.8) is 0 Å². The van der Waals surface area contributed by atoms with Crippen LogP contribution in [0.5, 0.6) is 0 Å². The first kappa shape index (κ1) is 14.4. The van der Waals surface area contributed by atoms with E-state index in [1.165, 1.54) is 0 Å². The second kappa shape index (κ2) is 8.68. The second-order valence-electron chi connectivity index (χ2n) is 4.20. The average Bonchev–Trinajstić information content (AvgIpc) is 2.21. The van der Waals surface area contributed by atoms with Crippen LogP contribution in [0.2, 0.25) is 0 Å². The van der Waals surface area contributed by atoms with Crippen molar-refractivity contribution in [2.24, 2.45) is 11.7 Å². The van der Waals surface area contributed by atoms with Crippen LogP contribution in [0.3, 0.4) is 0 Å². The Labute approximate surface area is 92.2 Å². The summed E-state index contributed by atoms with van der Waals surface area (Å²) in [5.74, 6) is 0.117. The van der Waals surface area contributed by atoms with E-state index < -0.39 is 6.04 Å². The third-order valence-corrected chi connectivity index (χ3v) is 2.41. The first-order valence-electron chi connectivity index (χ1n) is 5.73. The number of nitrogens with one attached hydrogen (secondary N) is 1. The molecule has 90 valence electrons. The van der Waals surface area contributed by atoms with E-state index >= 15 is 0 Å². The number of carbonyl (C=O) groups is 1. The number of nitrogens with two attached hydrogens (primary N) is 1. The van der Waals surface area contributed by atoms with Crippen molar-refractivity contribution in [2.75, 3.05) is 13.2 Å². The highest BCUT2D eigenvalue weighted by molar-refractivity contribution is 5.81. The van der Waals surface area contributed by atoms with E-state index in [1.54, 1.807) is 0 Å². The molecule has 15 heavy (non-hydrogen) atoms. The summed E-state index contributed by atoms with van der Waals surface area (Å²) in [6, 6.07) is -0.401. The molecule has 1 atom stereocenters. The van der Waals surface area contributed by atoms with Gasteiger partial charge in [-0.3, -0.25) is 4.79 Å². The molecule has 4 heteroatoms. The molecule has 0 unspecified atom stereocenters. The SMILES string of the molecule is CC(C)[C@H](N)C(=O)NCCCCCCO. The summed E-state index contributed by atoms with van der Waals surface area (Å²) in [5.41, 5.74) is 5.68. The molecular weight excluding hydrogens is 192 g/mol. The molecule has 0 aromatic carbocycles. The van der Waals surface area contributed by atoms with Crippen LogP contribution in [0.15, 0.2) is 0 Å². The largest absolute Gasteiger partial charge is 0.396 e. The fraction of sp³-hybridized carbons (Fsp3) is 0.909. The maximum Gasteiger partial charge on any atom is 0.237 e. The van der Waals surface area contributed by atoms with Crippen molar-refractivity contribution in [3.8, 4) is 0 Å². The van der Waals surface area contributed by atoms with Crippen LogP contribution in [0.1, 0.15) is 39.5 Å². The summed E-state index contributed by atoms with van der Waals surface area (Å²) in [6.07, 6.45) is 3.86. The summed E-state index contributed by atoms with van der Waals surface area (Å²) in [6.45, 7) is 4.81. The molecule has 0 spiro atoms. The van der Waals surface area contributed by atoms with Crippen LogP contribution in [-0.4, -0.2) is 30.2 Å². The van der Waals surface area contributed by atoms with Gasteiger partial charge in [0.25, 0.3) is 0 Å². The van der Waals surface area contributed by atoms with Gasteiger partial charge >= 0.3 is 0 Å². The van der Waals surface area contributed by atoms with Crippen LogP contribution in [-0.2, 0) is 4.79 Å². The lowest BCUT2D eigenvalue weighted by Gasteiger charge is -2.15. The molecule has 0 rings (SSSR count). The Morgan fingerprint density at radius 2 is 1.87 bits per heavy atom. The third-order valence-electron chi connectivity index (χ3n) is 2.41. The summed E-state index contributed by atoms with van der Waals surface area (Å²) in [4.78, 5) is 11.4. The van der Waals surface area contributed by atoms with Gasteiger partial charge in [-0.05, 0) is 18.8 Å². The first-order valence-corrected chi connectivity index (χ1v) is 5.73. The van der Waals surface area contributed by atoms with Crippen LogP contribution in [0.4, 0.5) is 0 Å². The number of amides is 1. The Kier molecular flexibility index (Phi) is 8.33. The lowest BCUT2D eigenvalue weighted by Crippen LogP contribution is -2.44. The lowest BCUT2D eigenvalue weighted by molar-refractivity contribution is -0.123. The molecule has 0 aromatic heterocycles. The molecule has 0 aliphatic rings. The molecule has 0 aromatic rings. The van der Waals surface area contributed by atoms with Crippen molar-refractivity contribution in [3.05, 3.63) is 0 Å². The number of unbranched alkanes of at least 4 members (excludes halogenated alkanes) is 3. The first-order chi connectivity index (χ1) is 7.09. The summed E-state index contributed by atoms with van der Waals surface area (Å²) < 4.78 is 0. The topological polar surface area (TPSA) is 75.4 Å². The van der Waals surface area contributed by atoms with Crippen LogP contribution < -0.4 is 11.1 Å². The van der Waals surface area contributed by atoms with Crippen molar-refractivity contribution in [1.82, 2.24) is 5.32 Å². The Hall–Kier alpha value is -0.610. The minimum Gasteiger partial charge on any atom is -0.396 e. The quantitative estimate of drug-likeness (QED) is 0.521. The minimum atomic E-state index is -0.401. The second-order valence-corrected chi connectivity index (χ2v) is 4.20. The number of aliphatic hydroxyl groups excluding tert-OH is 1. The fourth-order valence-corrected chi connectivity index (χ4v) is 1.22. The molecule has 0 heterocycles. The van der Waals surface area contributed by atoms with Gasteiger partial charge in [-0.1, -0.05) is 26.7 Å². The Morgan fingerprint density at radius 3 is 2.40 bits per heavy atom. The molecule has 1 amide bonds. The van der Waals surface area contributed by atoms with Crippen LogP contribution in [0, 0.1) is 5.92 Å². The number of hydrogen-bond acceptors (Lipinski definition) is 3. The molecule has 0 aliphatic heterocycles. The molecule has 4 nitrogen and oxygen atoms in total. The van der Waals surface area contributed by atoms with Crippen molar-refractivity contribution in [2.45, 2.75) is 45.6 Å². The smallest absolute Gasteiger partial charge is 0.237 e. The van der Waals surface area contributed by atoms with Crippen molar-refractivity contribution >= 4 is 5.91 Å². The predicted molar refractivity (Wildman–Crippen MR) is 61.4 cm³/mol. The van der Waals surface area contributed by atoms with Gasteiger partial charge in [-0.2, -0.15) is 0 Å². The fourth-order valence-electron chi connectivity index (χ4n) is 1.22. The van der Waals surface area contributed by atoms with E-state index in [-0.39, 0.29) is 18.4 Å². The minimum absolute atomic E-state index is 0.0628. The van der Waals surface area contributed by atoms with E-state index in [4.69, 9.17) is 10.8 Å². The molecule has 0 aliphatic carbocycles. The molecule has 0 fully saturated rings. The van der Waals surface area contributed by atoms with E-state index in [0.29, 0.717) is 6.54 Å². The van der Waals surface area contributed by atoms with E-state index in [1.807, 2.05) is 13.8 Å². The Bertz CT molecular complexity index is 172. The van der Waals surface area contributed by atoms with Gasteiger partial charge in [0.05, 0.1) is 6.04 Å². The van der Waals surface area contributed by atoms with Gasteiger partial charge < -0.3 is 16.2 Å². The normalized spacial score (nSPS) is 12.9. The summed E-state index contributed by atoms with van der Waals surface area (Å²) in [7, 11) is 0. The van der Waals surface area contributed by atoms with E-state index in [2.05, 4.69) is 5.32 Å². The zero-order valence-corrected chi connectivity index (χ0v) is 9.83. The van der Waals surface area contributed by atoms with Gasteiger partial charge in [0.2, 0.25) is 5.91 Å². The van der Waals surface area contributed by atoms with Crippen molar-refractivity contribution in [1.29, 1.82) is 0 Å². The van der Waals surface area contributed by atoms with Gasteiger partial charge in [-0.25, -0.2) is 0 Å². The van der Waals surface area contributed by atoms with Crippen LogP contribution in [0.25, 0.3) is 0 Å². The monoisotopic (exact) mass is 216 g/mol. The number of carbonyl (C=O) groups excluding carboxylic acids is 1. The molecule has 0 saturated heterocycles. The van der Waals surface area contributed by atoms with Gasteiger partial charge in [0.1, 0.15) is 0 Å². The zero-order chi connectivity index (χ0) is 11.7. The number of aliphatic hydroxyl groups is 1. The van der Waals surface area contributed by atoms with Gasteiger partial charge in [0, 0.05) is 13.2 Å². The standard InChI is InChI=1S/C11H24N2O2/c1-9(2)10(12)11(15)13-7-5-3-4-6-8-14/h9-10,14H,3-8,12H2,1-2H3,(H,13,15)/t10-/m0/s1. The third kappa shape index (κ3) is 7.33. The highest BCUT2D eigenvalue weighted by Gasteiger charge is 2.15. The maximum atomic E-state index is 11.4. The van der Waals surface area contributed by atoms with E-state index in [9.17, 15) is 4.79 Å². The Morgan fingerprint density at radius 1 is 1.27 bits per heavy atom. The van der Waals surface area contributed by atoms with Gasteiger partial charge in [-0.15, -0.1) is 0 Å². The predicted octanol–water partition coefficient (Wildman–Crippen LogP) is 0.639.